The molecule has 1 aromatic heterocycles. The number of benzene rings is 1. The van der Waals surface area contributed by atoms with Crippen LogP contribution in [0.5, 0.6) is 0 Å². The zero-order chi connectivity index (χ0) is 12.5. The van der Waals surface area contributed by atoms with Crippen molar-refractivity contribution in [3.63, 3.8) is 0 Å². The summed E-state index contributed by atoms with van der Waals surface area (Å²) in [6.07, 6.45) is 0. The smallest absolute Gasteiger partial charge is 0.257 e. The van der Waals surface area contributed by atoms with Gasteiger partial charge in [-0.1, -0.05) is 18.2 Å². The minimum atomic E-state index is -0.0294. The van der Waals surface area contributed by atoms with Gasteiger partial charge in [-0.2, -0.15) is 0 Å². The molecule has 1 fully saturated rings. The van der Waals surface area contributed by atoms with Gasteiger partial charge in [0.05, 0.1) is 0 Å². The second kappa shape index (κ2) is 4.44. The van der Waals surface area contributed by atoms with E-state index < -0.39 is 0 Å². The summed E-state index contributed by atoms with van der Waals surface area (Å²) in [7, 11) is 0. The van der Waals surface area contributed by atoms with Crippen LogP contribution in [0.4, 0.5) is 5.82 Å². The molecule has 1 saturated heterocycles. The van der Waals surface area contributed by atoms with Gasteiger partial charge in [-0.3, -0.25) is 10.6 Å². The summed E-state index contributed by atoms with van der Waals surface area (Å²) in [5.74, 6) is 6.61. The molecule has 3 N–H and O–H groups in total. The molecule has 0 saturated carbocycles. The average Bonchev–Trinajstić information content (AvgIpc) is 2.39. The Balaban J connectivity index is 2.00. The first kappa shape index (κ1) is 11.3. The Morgan fingerprint density at radius 1 is 1.11 bits per heavy atom. The van der Waals surface area contributed by atoms with Gasteiger partial charge in [0.2, 0.25) is 0 Å². The molecule has 0 amide bonds. The van der Waals surface area contributed by atoms with Crippen LogP contribution in [0.15, 0.2) is 35.1 Å². The number of aromatic nitrogens is 1. The normalized spacial score (nSPS) is 17.3. The first-order chi connectivity index (χ1) is 8.74. The van der Waals surface area contributed by atoms with Crippen LogP contribution in [-0.2, 0) is 0 Å². The van der Waals surface area contributed by atoms with Crippen LogP contribution in [-0.4, -0.2) is 36.2 Å². The van der Waals surface area contributed by atoms with Crippen molar-refractivity contribution in [3.8, 4) is 0 Å². The molecular formula is C13H16N4O. The maximum Gasteiger partial charge on any atom is 0.257 e. The maximum atomic E-state index is 12.0. The molecule has 0 atom stereocenters. The molecule has 5 heteroatoms. The Hall–Kier alpha value is -1.85. The predicted octanol–water partition coefficient (Wildman–Crippen LogP) is 0.524. The number of hydrogen-bond donors (Lipinski definition) is 2. The molecule has 18 heavy (non-hydrogen) atoms. The first-order valence-corrected chi connectivity index (χ1v) is 6.11. The zero-order valence-corrected chi connectivity index (χ0v) is 10.1. The van der Waals surface area contributed by atoms with Crippen LogP contribution in [0.2, 0.25) is 0 Å². The number of H-pyrrole nitrogens is 1. The number of piperazine rings is 1. The van der Waals surface area contributed by atoms with E-state index in [1.807, 2.05) is 30.3 Å². The van der Waals surface area contributed by atoms with Gasteiger partial charge in [0, 0.05) is 31.6 Å². The minimum absolute atomic E-state index is 0.0294. The van der Waals surface area contributed by atoms with Crippen LogP contribution < -0.4 is 16.3 Å². The van der Waals surface area contributed by atoms with Gasteiger partial charge >= 0.3 is 0 Å². The van der Waals surface area contributed by atoms with Crippen molar-refractivity contribution in [1.82, 2.24) is 9.99 Å². The Morgan fingerprint density at radius 2 is 1.83 bits per heavy atom. The second-order valence-corrected chi connectivity index (χ2v) is 4.59. The number of aromatic amines is 1. The quantitative estimate of drug-likeness (QED) is 0.718. The Morgan fingerprint density at radius 3 is 2.61 bits per heavy atom. The summed E-state index contributed by atoms with van der Waals surface area (Å²) < 4.78 is 0. The summed E-state index contributed by atoms with van der Waals surface area (Å²) in [5.41, 5.74) is -0.0294. The lowest BCUT2D eigenvalue weighted by atomic mass is 10.1. The van der Waals surface area contributed by atoms with E-state index >= 15 is 0 Å². The Labute approximate surface area is 105 Å². The number of nitrogens with two attached hydrogens (primary N) is 1. The molecule has 5 nitrogen and oxygen atoms in total. The molecule has 0 spiro atoms. The minimum Gasteiger partial charge on any atom is -0.355 e. The summed E-state index contributed by atoms with van der Waals surface area (Å²) in [6.45, 7) is 3.30. The van der Waals surface area contributed by atoms with Crippen molar-refractivity contribution < 1.29 is 0 Å². The van der Waals surface area contributed by atoms with Crippen molar-refractivity contribution in [2.24, 2.45) is 5.84 Å². The second-order valence-electron chi connectivity index (χ2n) is 4.59. The first-order valence-electron chi connectivity index (χ1n) is 6.11. The SMILES string of the molecule is NN1CCN(c2cc3ccccc3c(=O)[nH]2)CC1. The van der Waals surface area contributed by atoms with E-state index in [-0.39, 0.29) is 5.56 Å². The Bertz CT molecular complexity index is 614. The van der Waals surface area contributed by atoms with Gasteiger partial charge in [-0.05, 0) is 17.5 Å². The topological polar surface area (TPSA) is 65.4 Å². The summed E-state index contributed by atoms with van der Waals surface area (Å²) in [6, 6.07) is 9.67. The fraction of sp³-hybridized carbons (Fsp3) is 0.308. The van der Waals surface area contributed by atoms with E-state index in [2.05, 4.69) is 9.88 Å². The number of rotatable bonds is 1. The molecular weight excluding hydrogens is 228 g/mol. The van der Waals surface area contributed by atoms with Crippen molar-refractivity contribution >= 4 is 16.6 Å². The number of fused-ring (bicyclic) bond motifs is 1. The van der Waals surface area contributed by atoms with Gasteiger partial charge in [-0.15, -0.1) is 0 Å². The van der Waals surface area contributed by atoms with E-state index in [1.54, 1.807) is 5.01 Å². The molecule has 0 aliphatic carbocycles. The third kappa shape index (κ3) is 1.98. The summed E-state index contributed by atoms with van der Waals surface area (Å²) in [5, 5.41) is 3.51. The summed E-state index contributed by atoms with van der Waals surface area (Å²) in [4.78, 5) is 17.1. The van der Waals surface area contributed by atoms with Crippen LogP contribution in [0.1, 0.15) is 0 Å². The number of nitrogens with zero attached hydrogens (tertiary/aromatic N) is 2. The molecule has 0 radical (unpaired) electrons. The highest BCUT2D eigenvalue weighted by molar-refractivity contribution is 5.83. The fourth-order valence-electron chi connectivity index (χ4n) is 2.33. The standard InChI is InChI=1S/C13H16N4O/c14-17-7-5-16(6-8-17)12-9-10-3-1-2-4-11(10)13(18)15-12/h1-4,9H,5-8,14H2,(H,15,18). The van der Waals surface area contributed by atoms with Gasteiger partial charge in [-0.25, -0.2) is 5.01 Å². The van der Waals surface area contributed by atoms with Gasteiger partial charge in [0.15, 0.2) is 0 Å². The highest BCUT2D eigenvalue weighted by Crippen LogP contribution is 2.17. The lowest BCUT2D eigenvalue weighted by Crippen LogP contribution is -2.49. The number of hydrazine groups is 1. The molecule has 2 aromatic rings. The fourth-order valence-corrected chi connectivity index (χ4v) is 2.33. The third-order valence-corrected chi connectivity index (χ3v) is 3.39. The van der Waals surface area contributed by atoms with Crippen molar-refractivity contribution in [3.05, 3.63) is 40.7 Å². The van der Waals surface area contributed by atoms with Crippen LogP contribution in [0.3, 0.4) is 0 Å². The zero-order valence-electron chi connectivity index (χ0n) is 10.1. The lowest BCUT2D eigenvalue weighted by Gasteiger charge is -2.33. The van der Waals surface area contributed by atoms with E-state index in [4.69, 9.17) is 5.84 Å². The molecule has 1 aliphatic heterocycles. The van der Waals surface area contributed by atoms with E-state index in [9.17, 15) is 4.79 Å². The molecule has 0 bridgehead atoms. The average molecular weight is 244 g/mol. The number of nitrogens with one attached hydrogen (secondary N) is 1. The molecule has 3 rings (SSSR count). The lowest BCUT2D eigenvalue weighted by molar-refractivity contribution is 0.265. The molecule has 0 unspecified atom stereocenters. The van der Waals surface area contributed by atoms with Crippen molar-refractivity contribution in [2.45, 2.75) is 0 Å². The largest absolute Gasteiger partial charge is 0.355 e. The number of pyridine rings is 1. The van der Waals surface area contributed by atoms with Crippen molar-refractivity contribution in [2.75, 3.05) is 31.1 Å². The van der Waals surface area contributed by atoms with E-state index in [1.165, 1.54) is 0 Å². The van der Waals surface area contributed by atoms with Crippen molar-refractivity contribution in [1.29, 1.82) is 0 Å². The molecule has 1 aliphatic rings. The van der Waals surface area contributed by atoms with Crippen LogP contribution in [0.25, 0.3) is 10.8 Å². The highest BCUT2D eigenvalue weighted by Gasteiger charge is 2.15. The molecule has 2 heterocycles. The van der Waals surface area contributed by atoms with Crippen LogP contribution >= 0.6 is 0 Å². The molecule has 1 aromatic carbocycles. The van der Waals surface area contributed by atoms with E-state index in [0.29, 0.717) is 0 Å². The summed E-state index contributed by atoms with van der Waals surface area (Å²) >= 11 is 0. The number of hydrogen-bond acceptors (Lipinski definition) is 4. The molecule has 94 valence electrons. The Kier molecular flexibility index (Phi) is 2.77. The third-order valence-electron chi connectivity index (χ3n) is 3.39. The maximum absolute atomic E-state index is 12.0. The highest BCUT2D eigenvalue weighted by atomic mass is 16.1. The van der Waals surface area contributed by atoms with Gasteiger partial charge in [0.25, 0.3) is 5.56 Å². The van der Waals surface area contributed by atoms with Gasteiger partial charge < -0.3 is 9.88 Å². The van der Waals surface area contributed by atoms with E-state index in [0.717, 1.165) is 42.8 Å². The number of anilines is 1. The monoisotopic (exact) mass is 244 g/mol. The predicted molar refractivity (Wildman–Crippen MR) is 72.5 cm³/mol. The van der Waals surface area contributed by atoms with Gasteiger partial charge in [0.1, 0.15) is 5.82 Å². The van der Waals surface area contributed by atoms with Crippen LogP contribution in [0, 0.1) is 0 Å².